The van der Waals surface area contributed by atoms with E-state index in [4.69, 9.17) is 21.3 Å². The van der Waals surface area contributed by atoms with E-state index in [9.17, 15) is 19.1 Å². The van der Waals surface area contributed by atoms with Crippen molar-refractivity contribution in [3.05, 3.63) is 103 Å². The Morgan fingerprint density at radius 2 is 1.94 bits per heavy atom. The fraction of sp³-hybridized carbons (Fsp3) is 0.361. The Labute approximate surface area is 286 Å². The molecule has 0 bridgehead atoms. The summed E-state index contributed by atoms with van der Waals surface area (Å²) in [6, 6.07) is 10.6. The van der Waals surface area contributed by atoms with Crippen molar-refractivity contribution in [1.29, 1.82) is 0 Å². The zero-order valence-corrected chi connectivity index (χ0v) is 28.3. The normalized spacial score (nSPS) is 17.0. The average Bonchev–Trinajstić information content (AvgIpc) is 3.51. The third-order valence-corrected chi connectivity index (χ3v) is 10.8. The summed E-state index contributed by atoms with van der Waals surface area (Å²) in [5.74, 6) is 0.0777. The van der Waals surface area contributed by atoms with Gasteiger partial charge in [-0.25, -0.2) is 14.2 Å². The van der Waals surface area contributed by atoms with Gasteiger partial charge in [0.05, 0.1) is 33.7 Å². The van der Waals surface area contributed by atoms with Crippen molar-refractivity contribution in [3.8, 4) is 16.9 Å². The van der Waals surface area contributed by atoms with Crippen LogP contribution in [0.3, 0.4) is 0 Å². The lowest BCUT2D eigenvalue weighted by molar-refractivity contribution is 0.0699. The number of rotatable bonds is 8. The van der Waals surface area contributed by atoms with E-state index in [2.05, 4.69) is 14.9 Å². The number of benzene rings is 1. The lowest BCUT2D eigenvalue weighted by Gasteiger charge is -2.39. The lowest BCUT2D eigenvalue weighted by atomic mass is 9.87. The molecular weight excluding hydrogens is 653 g/mol. The fourth-order valence-corrected chi connectivity index (χ4v) is 8.38. The van der Waals surface area contributed by atoms with E-state index in [0.717, 1.165) is 65.9 Å². The van der Waals surface area contributed by atoms with Crippen molar-refractivity contribution in [2.75, 3.05) is 19.7 Å². The van der Waals surface area contributed by atoms with Gasteiger partial charge in [0.15, 0.2) is 0 Å². The summed E-state index contributed by atoms with van der Waals surface area (Å²) in [6.45, 7) is 5.90. The number of aromatic carboxylic acids is 1. The number of thiophene rings is 1. The van der Waals surface area contributed by atoms with Crippen LogP contribution in [0.2, 0.25) is 5.02 Å². The summed E-state index contributed by atoms with van der Waals surface area (Å²) in [5.41, 5.74) is 4.96. The largest absolute Gasteiger partial charge is 0.491 e. The van der Waals surface area contributed by atoms with E-state index >= 15 is 0 Å². The smallest absolute Gasteiger partial charge is 0.338 e. The molecule has 0 spiro atoms. The van der Waals surface area contributed by atoms with E-state index in [0.29, 0.717) is 46.5 Å². The number of carboxylic acids is 1. The Kier molecular flexibility index (Phi) is 9.02. The van der Waals surface area contributed by atoms with Crippen LogP contribution in [0.1, 0.15) is 64.0 Å². The van der Waals surface area contributed by atoms with Gasteiger partial charge in [0.1, 0.15) is 24.0 Å². The van der Waals surface area contributed by atoms with Gasteiger partial charge in [-0.15, -0.1) is 11.3 Å². The summed E-state index contributed by atoms with van der Waals surface area (Å²) in [6.07, 6.45) is 5.68. The fourth-order valence-electron chi connectivity index (χ4n) is 7.19. The quantitative estimate of drug-likeness (QED) is 0.189. The Balaban J connectivity index is 1.07. The van der Waals surface area contributed by atoms with Crippen LogP contribution >= 0.6 is 22.9 Å². The Morgan fingerprint density at radius 1 is 1.12 bits per heavy atom. The van der Waals surface area contributed by atoms with Crippen LogP contribution in [0, 0.1) is 19.7 Å². The molecule has 5 aromatic rings. The number of hydrogen-bond donors (Lipinski definition) is 1. The zero-order chi connectivity index (χ0) is 33.5. The SMILES string of the molecule is Cc1cc(-c2cc(Cl)ccc2OCCn2c(C)nc3c(c2=O)C[C@H](N2CCC(c4ncccc4F)CC2)CC3)c2scc(C(=O)O)c2n1. The molecule has 1 atom stereocenters. The molecule has 1 N–H and O–H groups in total. The minimum Gasteiger partial charge on any atom is -0.491 e. The van der Waals surface area contributed by atoms with E-state index in [1.807, 2.05) is 19.9 Å². The van der Waals surface area contributed by atoms with Crippen molar-refractivity contribution >= 4 is 39.1 Å². The van der Waals surface area contributed by atoms with Crippen LogP contribution in [-0.4, -0.2) is 61.2 Å². The summed E-state index contributed by atoms with van der Waals surface area (Å²) < 4.78 is 23.1. The molecule has 1 aliphatic carbocycles. The van der Waals surface area contributed by atoms with E-state index in [1.165, 1.54) is 17.4 Å². The average molecular weight is 688 g/mol. The van der Waals surface area contributed by atoms with E-state index in [1.54, 1.807) is 40.4 Å². The number of aryl methyl sites for hydroxylation is 3. The number of piperidine rings is 1. The van der Waals surface area contributed by atoms with Gasteiger partial charge in [0.25, 0.3) is 5.56 Å². The van der Waals surface area contributed by atoms with Gasteiger partial charge >= 0.3 is 5.97 Å². The minimum absolute atomic E-state index is 0.0289. The molecule has 12 heteroatoms. The molecule has 1 saturated heterocycles. The number of carbonyl (C=O) groups is 1. The van der Waals surface area contributed by atoms with Gasteiger partial charge < -0.3 is 9.84 Å². The monoisotopic (exact) mass is 687 g/mol. The number of likely N-dealkylation sites (tertiary alicyclic amines) is 1. The molecule has 248 valence electrons. The molecule has 1 fully saturated rings. The molecule has 5 heterocycles. The van der Waals surface area contributed by atoms with Crippen LogP contribution in [0.25, 0.3) is 21.3 Å². The highest BCUT2D eigenvalue weighted by atomic mass is 35.5. The van der Waals surface area contributed by atoms with Gasteiger partial charge in [0, 0.05) is 50.9 Å². The van der Waals surface area contributed by atoms with Crippen molar-refractivity contribution < 1.29 is 19.0 Å². The highest BCUT2D eigenvalue weighted by molar-refractivity contribution is 7.18. The summed E-state index contributed by atoms with van der Waals surface area (Å²) in [5, 5.41) is 11.8. The first kappa shape index (κ1) is 32.4. The Hall–Kier alpha value is -4.19. The maximum absolute atomic E-state index is 14.3. The minimum atomic E-state index is -1.03. The highest BCUT2D eigenvalue weighted by Gasteiger charge is 2.32. The maximum atomic E-state index is 14.3. The molecule has 2 aliphatic rings. The zero-order valence-electron chi connectivity index (χ0n) is 26.7. The van der Waals surface area contributed by atoms with Gasteiger partial charge in [-0.05, 0) is 95.4 Å². The molecule has 9 nitrogen and oxygen atoms in total. The maximum Gasteiger partial charge on any atom is 0.338 e. The summed E-state index contributed by atoms with van der Waals surface area (Å²) in [7, 11) is 0. The number of nitrogens with zero attached hydrogens (tertiary/aromatic N) is 5. The molecule has 0 amide bonds. The Morgan fingerprint density at radius 3 is 2.71 bits per heavy atom. The van der Waals surface area contributed by atoms with Gasteiger partial charge in [-0.1, -0.05) is 11.6 Å². The molecule has 7 rings (SSSR count). The van der Waals surface area contributed by atoms with Gasteiger partial charge in [-0.2, -0.15) is 0 Å². The number of fused-ring (bicyclic) bond motifs is 2. The third-order valence-electron chi connectivity index (χ3n) is 9.60. The summed E-state index contributed by atoms with van der Waals surface area (Å²) >= 11 is 7.74. The van der Waals surface area contributed by atoms with Crippen molar-refractivity contribution in [2.24, 2.45) is 0 Å². The second-order valence-corrected chi connectivity index (χ2v) is 13.9. The number of halogens is 2. The predicted molar refractivity (Wildman–Crippen MR) is 184 cm³/mol. The third kappa shape index (κ3) is 6.22. The first-order valence-corrected chi connectivity index (χ1v) is 17.4. The number of carboxylic acid groups (broad SMARTS) is 1. The highest BCUT2D eigenvalue weighted by Crippen LogP contribution is 2.40. The van der Waals surface area contributed by atoms with Crippen LogP contribution in [0.15, 0.2) is 52.8 Å². The molecular formula is C36H35ClFN5O4S. The molecule has 0 radical (unpaired) electrons. The number of ether oxygens (including phenoxy) is 1. The lowest BCUT2D eigenvalue weighted by Crippen LogP contribution is -2.46. The topological polar surface area (TPSA) is 110 Å². The van der Waals surface area contributed by atoms with Crippen LogP contribution in [-0.2, 0) is 19.4 Å². The molecule has 1 aliphatic heterocycles. The first-order valence-electron chi connectivity index (χ1n) is 16.2. The molecule has 0 unspecified atom stereocenters. The number of hydrogen-bond acceptors (Lipinski definition) is 8. The second kappa shape index (κ2) is 13.4. The van der Waals surface area contributed by atoms with Crippen molar-refractivity contribution in [3.63, 3.8) is 0 Å². The number of pyridine rings is 2. The second-order valence-electron chi connectivity index (χ2n) is 12.6. The molecule has 1 aromatic carbocycles. The standard InChI is InChI=1S/C36H35ClFN5O4S/c1-20-16-26(34-33(40-20)28(19-48-34)36(45)46)25-17-23(37)5-8-31(25)47-15-14-43-21(2)41-30-7-6-24(18-27(30)35(43)44)42-12-9-22(10-13-42)32-29(38)4-3-11-39-32/h3-5,8,11,16-17,19,22,24H,6-7,9-10,12-15,18H2,1-2H3,(H,45,46)/t24-/m1/s1. The van der Waals surface area contributed by atoms with E-state index < -0.39 is 5.97 Å². The molecule has 0 saturated carbocycles. The Bertz CT molecular complexity index is 2090. The van der Waals surface area contributed by atoms with Gasteiger partial charge in [0.2, 0.25) is 0 Å². The summed E-state index contributed by atoms with van der Waals surface area (Å²) in [4.78, 5) is 41.8. The van der Waals surface area contributed by atoms with E-state index in [-0.39, 0.29) is 35.5 Å². The van der Waals surface area contributed by atoms with Crippen LogP contribution in [0.5, 0.6) is 5.75 Å². The van der Waals surface area contributed by atoms with Crippen LogP contribution in [0.4, 0.5) is 4.39 Å². The predicted octanol–water partition coefficient (Wildman–Crippen LogP) is 6.84. The number of aromatic nitrogens is 4. The first-order chi connectivity index (χ1) is 23.2. The van der Waals surface area contributed by atoms with Gasteiger partial charge in [-0.3, -0.25) is 24.2 Å². The van der Waals surface area contributed by atoms with Crippen molar-refractivity contribution in [2.45, 2.75) is 64.5 Å². The molecule has 4 aromatic heterocycles. The molecule has 48 heavy (non-hydrogen) atoms. The van der Waals surface area contributed by atoms with Crippen molar-refractivity contribution in [1.82, 2.24) is 24.4 Å². The van der Waals surface area contributed by atoms with Crippen LogP contribution < -0.4 is 10.3 Å².